The van der Waals surface area contributed by atoms with E-state index in [1.54, 1.807) is 13.8 Å². The highest BCUT2D eigenvalue weighted by atomic mass is 35.5. The maximum absolute atomic E-state index is 13.0. The highest BCUT2D eigenvalue weighted by molar-refractivity contribution is 7.20. The van der Waals surface area contributed by atoms with Gasteiger partial charge in [0.2, 0.25) is 0 Å². The fourth-order valence-electron chi connectivity index (χ4n) is 2.42. The number of nitrogens with one attached hydrogen (secondary N) is 2. The van der Waals surface area contributed by atoms with Crippen molar-refractivity contribution in [1.82, 2.24) is 9.97 Å². The first-order chi connectivity index (χ1) is 12.8. The van der Waals surface area contributed by atoms with Crippen molar-refractivity contribution in [3.05, 3.63) is 55.7 Å². The van der Waals surface area contributed by atoms with E-state index in [-0.39, 0.29) is 21.1 Å². The van der Waals surface area contributed by atoms with Crippen LogP contribution in [0.15, 0.2) is 23.0 Å². The monoisotopic (exact) mass is 409 g/mol. The van der Waals surface area contributed by atoms with Gasteiger partial charge in [0.1, 0.15) is 21.3 Å². The molecule has 10 heteroatoms. The highest BCUT2D eigenvalue weighted by Gasteiger charge is 2.21. The fraction of sp³-hybridized carbons (Fsp3) is 0.176. The van der Waals surface area contributed by atoms with Crippen LogP contribution in [0.5, 0.6) is 0 Å². The van der Waals surface area contributed by atoms with E-state index in [4.69, 9.17) is 16.3 Å². The van der Waals surface area contributed by atoms with Gasteiger partial charge in [-0.25, -0.2) is 14.2 Å². The number of nitrogens with zero attached hydrogens (tertiary/aromatic N) is 1. The number of thiophene rings is 1. The van der Waals surface area contributed by atoms with Gasteiger partial charge in [0, 0.05) is 0 Å². The number of aromatic amines is 1. The second-order valence-corrected chi connectivity index (χ2v) is 7.04. The molecule has 0 aliphatic carbocycles. The number of ether oxygens (including phenoxy) is 1. The molecule has 0 radical (unpaired) electrons. The summed E-state index contributed by atoms with van der Waals surface area (Å²) in [5.74, 6) is -1.48. The van der Waals surface area contributed by atoms with Gasteiger partial charge in [-0.1, -0.05) is 11.6 Å². The molecule has 0 aliphatic rings. The molecule has 0 bridgehead atoms. The van der Waals surface area contributed by atoms with E-state index in [0.717, 1.165) is 23.5 Å². The maximum atomic E-state index is 13.0. The van der Waals surface area contributed by atoms with Gasteiger partial charge in [0.05, 0.1) is 16.1 Å². The number of aromatic nitrogens is 2. The summed E-state index contributed by atoms with van der Waals surface area (Å²) in [6, 6.07) is 3.49. The Kier molecular flexibility index (Phi) is 5.24. The molecule has 0 spiro atoms. The summed E-state index contributed by atoms with van der Waals surface area (Å²) in [4.78, 5) is 43.7. The number of benzene rings is 1. The van der Waals surface area contributed by atoms with E-state index in [1.165, 1.54) is 6.07 Å². The van der Waals surface area contributed by atoms with Crippen LogP contribution in [0.25, 0.3) is 10.2 Å². The van der Waals surface area contributed by atoms with Gasteiger partial charge in [-0.2, -0.15) is 0 Å². The number of rotatable bonds is 4. The zero-order valence-electron chi connectivity index (χ0n) is 14.2. The lowest BCUT2D eigenvalue weighted by Crippen LogP contribution is -2.21. The van der Waals surface area contributed by atoms with Gasteiger partial charge < -0.3 is 15.0 Å². The van der Waals surface area contributed by atoms with Crippen molar-refractivity contribution < 1.29 is 18.7 Å². The highest BCUT2D eigenvalue weighted by Crippen LogP contribution is 2.27. The summed E-state index contributed by atoms with van der Waals surface area (Å²) in [6.07, 6.45) is 0. The summed E-state index contributed by atoms with van der Waals surface area (Å²) >= 11 is 6.85. The molecule has 0 saturated heterocycles. The van der Waals surface area contributed by atoms with Crippen molar-refractivity contribution in [2.75, 3.05) is 11.9 Å². The molecule has 2 N–H and O–H groups in total. The van der Waals surface area contributed by atoms with Crippen LogP contribution in [0.2, 0.25) is 5.02 Å². The molecule has 140 valence electrons. The number of fused-ring (bicyclic) bond motifs is 1. The minimum atomic E-state index is -0.743. The molecule has 0 fully saturated rings. The Morgan fingerprint density at radius 1 is 1.37 bits per heavy atom. The van der Waals surface area contributed by atoms with Crippen molar-refractivity contribution in [3.8, 4) is 0 Å². The topological polar surface area (TPSA) is 101 Å². The molecule has 1 amide bonds. The van der Waals surface area contributed by atoms with Crippen LogP contribution in [0.3, 0.4) is 0 Å². The third kappa shape index (κ3) is 3.99. The van der Waals surface area contributed by atoms with E-state index in [1.807, 2.05) is 0 Å². The van der Waals surface area contributed by atoms with Crippen molar-refractivity contribution in [2.24, 2.45) is 0 Å². The number of hydrogen-bond acceptors (Lipinski definition) is 6. The van der Waals surface area contributed by atoms with Crippen molar-refractivity contribution >= 4 is 50.7 Å². The number of amides is 1. The lowest BCUT2D eigenvalue weighted by molar-refractivity contribution is -0.119. The summed E-state index contributed by atoms with van der Waals surface area (Å²) in [5.41, 5.74) is 0.299. The number of esters is 1. The first kappa shape index (κ1) is 19.0. The van der Waals surface area contributed by atoms with E-state index in [2.05, 4.69) is 15.3 Å². The first-order valence-electron chi connectivity index (χ1n) is 7.68. The SMILES string of the molecule is Cc1nc2sc(C(=O)OCC(=O)Nc3ccc(F)cc3Cl)c(C)c2c(=O)[nH]1. The van der Waals surface area contributed by atoms with Crippen LogP contribution in [-0.4, -0.2) is 28.5 Å². The summed E-state index contributed by atoms with van der Waals surface area (Å²) < 4.78 is 18.0. The molecule has 0 unspecified atom stereocenters. The van der Waals surface area contributed by atoms with Gasteiger partial charge in [0.25, 0.3) is 11.5 Å². The standard InChI is InChI=1S/C17H13ClFN3O4S/c1-7-13-15(24)20-8(2)21-16(13)27-14(7)17(25)26-6-12(23)22-11-4-3-9(19)5-10(11)18/h3-5H,6H2,1-2H3,(H,22,23)(H,20,21,24). The number of hydrogen-bond donors (Lipinski definition) is 2. The largest absolute Gasteiger partial charge is 0.451 e. The zero-order chi connectivity index (χ0) is 19.7. The molecule has 0 saturated carbocycles. The normalized spacial score (nSPS) is 10.8. The molecule has 7 nitrogen and oxygen atoms in total. The van der Waals surface area contributed by atoms with E-state index in [0.29, 0.717) is 21.6 Å². The summed E-state index contributed by atoms with van der Waals surface area (Å²) in [7, 11) is 0. The fourth-order valence-corrected chi connectivity index (χ4v) is 3.76. The average Bonchev–Trinajstić information content (AvgIpc) is 2.92. The quantitative estimate of drug-likeness (QED) is 0.644. The molecule has 3 rings (SSSR count). The van der Waals surface area contributed by atoms with Crippen LogP contribution < -0.4 is 10.9 Å². The summed E-state index contributed by atoms with van der Waals surface area (Å²) in [5, 5.41) is 2.77. The predicted molar refractivity (Wildman–Crippen MR) is 100 cm³/mol. The van der Waals surface area contributed by atoms with E-state index < -0.39 is 24.3 Å². The number of carbonyl (C=O) groups excluding carboxylic acids is 2. The third-order valence-electron chi connectivity index (χ3n) is 3.64. The minimum absolute atomic E-state index is 0.0238. The molecule has 0 aliphatic heterocycles. The minimum Gasteiger partial charge on any atom is -0.451 e. The van der Waals surface area contributed by atoms with Crippen LogP contribution in [0.4, 0.5) is 10.1 Å². The number of halogens is 2. The summed E-state index contributed by atoms with van der Waals surface area (Å²) in [6.45, 7) is 2.68. The average molecular weight is 410 g/mol. The number of aryl methyl sites for hydroxylation is 2. The molecule has 27 heavy (non-hydrogen) atoms. The Balaban J connectivity index is 1.71. The molecule has 1 aromatic carbocycles. The van der Waals surface area contributed by atoms with E-state index in [9.17, 15) is 18.8 Å². The van der Waals surface area contributed by atoms with Crippen LogP contribution in [0.1, 0.15) is 21.1 Å². The Morgan fingerprint density at radius 3 is 2.81 bits per heavy atom. The Bertz CT molecular complexity index is 1130. The lowest BCUT2D eigenvalue weighted by Gasteiger charge is -2.08. The number of anilines is 1. The zero-order valence-corrected chi connectivity index (χ0v) is 15.8. The maximum Gasteiger partial charge on any atom is 0.349 e. The van der Waals surface area contributed by atoms with Gasteiger partial charge in [-0.3, -0.25) is 9.59 Å². The lowest BCUT2D eigenvalue weighted by atomic mass is 10.2. The second-order valence-electron chi connectivity index (χ2n) is 5.64. The number of H-pyrrole nitrogens is 1. The van der Waals surface area contributed by atoms with Gasteiger partial charge in [-0.15, -0.1) is 11.3 Å². The molecule has 2 aromatic heterocycles. The van der Waals surface area contributed by atoms with Gasteiger partial charge in [-0.05, 0) is 37.6 Å². The Morgan fingerprint density at radius 2 is 2.11 bits per heavy atom. The van der Waals surface area contributed by atoms with Gasteiger partial charge in [0.15, 0.2) is 6.61 Å². The van der Waals surface area contributed by atoms with Crippen LogP contribution in [-0.2, 0) is 9.53 Å². The molecule has 0 atom stereocenters. The van der Waals surface area contributed by atoms with Crippen LogP contribution in [0, 0.1) is 19.7 Å². The Hall–Kier alpha value is -2.78. The smallest absolute Gasteiger partial charge is 0.349 e. The molecular formula is C17H13ClFN3O4S. The Labute approximate surface area is 161 Å². The first-order valence-corrected chi connectivity index (χ1v) is 8.87. The van der Waals surface area contributed by atoms with Gasteiger partial charge >= 0.3 is 5.97 Å². The van der Waals surface area contributed by atoms with Crippen molar-refractivity contribution in [1.29, 1.82) is 0 Å². The van der Waals surface area contributed by atoms with Crippen molar-refractivity contribution in [3.63, 3.8) is 0 Å². The molecule has 3 aromatic rings. The van der Waals surface area contributed by atoms with Crippen LogP contribution >= 0.6 is 22.9 Å². The van der Waals surface area contributed by atoms with Crippen molar-refractivity contribution in [2.45, 2.75) is 13.8 Å². The number of carbonyl (C=O) groups is 2. The molecular weight excluding hydrogens is 397 g/mol. The predicted octanol–water partition coefficient (Wildman–Crippen LogP) is 3.19. The second kappa shape index (κ2) is 7.45. The molecule has 2 heterocycles. The third-order valence-corrected chi connectivity index (χ3v) is 5.12. The van der Waals surface area contributed by atoms with E-state index >= 15 is 0 Å².